The Hall–Kier alpha value is -1.13. The average Bonchev–Trinajstić information content (AvgIpc) is 2.90. The second-order valence-electron chi connectivity index (χ2n) is 6.18. The zero-order chi connectivity index (χ0) is 13.1. The van der Waals surface area contributed by atoms with Crippen LogP contribution in [0.4, 0.5) is 5.82 Å². The fraction of sp³-hybridized carbons (Fsp3) is 0.667. The van der Waals surface area contributed by atoms with E-state index in [1.807, 2.05) is 12.3 Å². The number of anilines is 1. The molecule has 3 N–H and O–H groups in total. The van der Waals surface area contributed by atoms with Crippen molar-refractivity contribution >= 4 is 5.82 Å². The Morgan fingerprint density at radius 2 is 1.95 bits per heavy atom. The van der Waals surface area contributed by atoms with Crippen LogP contribution in [0.15, 0.2) is 18.3 Å². The van der Waals surface area contributed by atoms with Crippen molar-refractivity contribution < 1.29 is 0 Å². The van der Waals surface area contributed by atoms with Crippen LogP contribution < -0.4 is 11.3 Å². The van der Waals surface area contributed by atoms with Crippen molar-refractivity contribution in [3.63, 3.8) is 0 Å². The van der Waals surface area contributed by atoms with E-state index in [9.17, 15) is 0 Å². The lowest BCUT2D eigenvalue weighted by atomic mass is 9.77. The van der Waals surface area contributed by atoms with Gasteiger partial charge in [-0.05, 0) is 61.9 Å². The summed E-state index contributed by atoms with van der Waals surface area (Å²) in [6.07, 6.45) is 10.5. The van der Waals surface area contributed by atoms with Gasteiger partial charge in [-0.15, -0.1) is 0 Å². The number of pyridine rings is 1. The number of piperidine rings is 1. The van der Waals surface area contributed by atoms with Crippen molar-refractivity contribution in [3.05, 3.63) is 23.9 Å². The van der Waals surface area contributed by atoms with Crippen molar-refractivity contribution in [1.29, 1.82) is 0 Å². The Balaban J connectivity index is 1.56. The number of nitrogen functional groups attached to an aromatic ring is 1. The van der Waals surface area contributed by atoms with Crippen molar-refractivity contribution in [1.82, 2.24) is 9.88 Å². The van der Waals surface area contributed by atoms with Crippen LogP contribution in [0, 0.1) is 5.41 Å². The summed E-state index contributed by atoms with van der Waals surface area (Å²) in [6, 6.07) is 4.13. The van der Waals surface area contributed by atoms with Gasteiger partial charge in [-0.1, -0.05) is 12.8 Å². The van der Waals surface area contributed by atoms with Gasteiger partial charge in [0, 0.05) is 12.7 Å². The molecule has 0 aromatic carbocycles. The van der Waals surface area contributed by atoms with Gasteiger partial charge in [0.2, 0.25) is 0 Å². The maximum Gasteiger partial charge on any atom is 0.140 e. The third kappa shape index (κ3) is 2.90. The summed E-state index contributed by atoms with van der Waals surface area (Å²) in [5.41, 5.74) is 4.62. The number of nitrogens with zero attached hydrogens (tertiary/aromatic N) is 2. The summed E-state index contributed by atoms with van der Waals surface area (Å²) in [7, 11) is 0. The first-order valence-electron chi connectivity index (χ1n) is 7.44. The summed E-state index contributed by atoms with van der Waals surface area (Å²) in [5, 5.41) is 0. The normalized spacial score (nSPS) is 22.8. The maximum atomic E-state index is 5.40. The van der Waals surface area contributed by atoms with Gasteiger partial charge in [0.1, 0.15) is 5.82 Å². The standard InChI is InChI=1S/C15H24N4/c16-18-14-11-13(3-8-17-14)12-19-9-6-15(7-10-19)4-1-2-5-15/h3,8,11H,1-2,4-7,9-10,12,16H2,(H,17,18). The van der Waals surface area contributed by atoms with Crippen molar-refractivity contribution in [2.24, 2.45) is 11.3 Å². The van der Waals surface area contributed by atoms with Crippen LogP contribution >= 0.6 is 0 Å². The molecule has 2 fully saturated rings. The highest BCUT2D eigenvalue weighted by molar-refractivity contribution is 5.35. The van der Waals surface area contributed by atoms with Gasteiger partial charge in [-0.3, -0.25) is 4.90 Å². The smallest absolute Gasteiger partial charge is 0.140 e. The van der Waals surface area contributed by atoms with Crippen molar-refractivity contribution in [3.8, 4) is 0 Å². The molecule has 1 aliphatic heterocycles. The van der Waals surface area contributed by atoms with E-state index in [1.54, 1.807) is 0 Å². The summed E-state index contributed by atoms with van der Waals surface area (Å²) in [6.45, 7) is 3.51. The van der Waals surface area contributed by atoms with Gasteiger partial charge in [-0.25, -0.2) is 10.8 Å². The molecular weight excluding hydrogens is 236 g/mol. The minimum absolute atomic E-state index is 0.707. The molecule has 1 aromatic heterocycles. The first-order chi connectivity index (χ1) is 9.30. The second-order valence-corrected chi connectivity index (χ2v) is 6.18. The molecule has 0 unspecified atom stereocenters. The predicted molar refractivity (Wildman–Crippen MR) is 77.5 cm³/mol. The minimum atomic E-state index is 0.707. The number of hydrogen-bond donors (Lipinski definition) is 2. The topological polar surface area (TPSA) is 54.2 Å². The van der Waals surface area contributed by atoms with E-state index >= 15 is 0 Å². The quantitative estimate of drug-likeness (QED) is 0.648. The number of hydrogen-bond acceptors (Lipinski definition) is 4. The summed E-state index contributed by atoms with van der Waals surface area (Å²) >= 11 is 0. The third-order valence-corrected chi connectivity index (χ3v) is 4.96. The van der Waals surface area contributed by atoms with Gasteiger partial charge < -0.3 is 5.43 Å². The second kappa shape index (κ2) is 5.47. The van der Waals surface area contributed by atoms with E-state index < -0.39 is 0 Å². The van der Waals surface area contributed by atoms with E-state index in [1.165, 1.54) is 57.2 Å². The zero-order valence-corrected chi connectivity index (χ0v) is 11.6. The van der Waals surface area contributed by atoms with E-state index in [0.29, 0.717) is 5.41 Å². The molecule has 0 atom stereocenters. The molecule has 2 aliphatic rings. The molecule has 3 rings (SSSR count). The fourth-order valence-corrected chi connectivity index (χ4v) is 3.72. The number of nitrogens with two attached hydrogens (primary N) is 1. The minimum Gasteiger partial charge on any atom is -0.308 e. The molecular formula is C15H24N4. The van der Waals surface area contributed by atoms with Gasteiger partial charge >= 0.3 is 0 Å². The molecule has 0 radical (unpaired) electrons. The molecule has 0 amide bonds. The van der Waals surface area contributed by atoms with Gasteiger partial charge in [0.05, 0.1) is 0 Å². The number of likely N-dealkylation sites (tertiary alicyclic amines) is 1. The van der Waals surface area contributed by atoms with E-state index in [0.717, 1.165) is 12.4 Å². The SMILES string of the molecule is NNc1cc(CN2CCC3(CCCC3)CC2)ccn1. The van der Waals surface area contributed by atoms with Crippen LogP contribution in [-0.4, -0.2) is 23.0 Å². The summed E-state index contributed by atoms with van der Waals surface area (Å²) in [5.74, 6) is 6.16. The molecule has 19 heavy (non-hydrogen) atoms. The third-order valence-electron chi connectivity index (χ3n) is 4.96. The molecule has 1 saturated carbocycles. The van der Waals surface area contributed by atoms with Crippen LogP contribution in [0.3, 0.4) is 0 Å². The number of hydrazine groups is 1. The van der Waals surface area contributed by atoms with Crippen LogP contribution in [0.5, 0.6) is 0 Å². The highest BCUT2D eigenvalue weighted by atomic mass is 15.2. The predicted octanol–water partition coefficient (Wildman–Crippen LogP) is 2.52. The monoisotopic (exact) mass is 260 g/mol. The zero-order valence-electron chi connectivity index (χ0n) is 11.6. The average molecular weight is 260 g/mol. The van der Waals surface area contributed by atoms with E-state index in [-0.39, 0.29) is 0 Å². The molecule has 1 aliphatic carbocycles. The lowest BCUT2D eigenvalue weighted by Crippen LogP contribution is -2.38. The molecule has 1 aromatic rings. The van der Waals surface area contributed by atoms with Crippen LogP contribution in [0.1, 0.15) is 44.1 Å². The number of rotatable bonds is 3. The molecule has 1 spiro atoms. The van der Waals surface area contributed by atoms with Gasteiger partial charge in [0.15, 0.2) is 0 Å². The molecule has 4 nitrogen and oxygen atoms in total. The highest BCUT2D eigenvalue weighted by Gasteiger charge is 2.36. The Morgan fingerprint density at radius 1 is 1.21 bits per heavy atom. The number of aromatic nitrogens is 1. The Labute approximate surface area is 115 Å². The number of nitrogens with one attached hydrogen (secondary N) is 1. The molecule has 0 bridgehead atoms. The highest BCUT2D eigenvalue weighted by Crippen LogP contribution is 2.46. The summed E-state index contributed by atoms with van der Waals surface area (Å²) < 4.78 is 0. The Morgan fingerprint density at radius 3 is 2.63 bits per heavy atom. The van der Waals surface area contributed by atoms with E-state index in [4.69, 9.17) is 5.84 Å². The van der Waals surface area contributed by atoms with Crippen LogP contribution in [0.2, 0.25) is 0 Å². The van der Waals surface area contributed by atoms with Gasteiger partial charge in [-0.2, -0.15) is 0 Å². The summed E-state index contributed by atoms with van der Waals surface area (Å²) in [4.78, 5) is 6.72. The van der Waals surface area contributed by atoms with Crippen molar-refractivity contribution in [2.75, 3.05) is 18.5 Å². The Kier molecular flexibility index (Phi) is 3.71. The molecule has 2 heterocycles. The van der Waals surface area contributed by atoms with E-state index in [2.05, 4.69) is 21.4 Å². The van der Waals surface area contributed by atoms with Crippen LogP contribution in [0.25, 0.3) is 0 Å². The lowest BCUT2D eigenvalue weighted by molar-refractivity contribution is 0.103. The van der Waals surface area contributed by atoms with Gasteiger partial charge in [0.25, 0.3) is 0 Å². The molecule has 1 saturated heterocycles. The van der Waals surface area contributed by atoms with Crippen molar-refractivity contribution in [2.45, 2.75) is 45.1 Å². The first-order valence-corrected chi connectivity index (χ1v) is 7.44. The molecule has 104 valence electrons. The fourth-order valence-electron chi connectivity index (χ4n) is 3.72. The maximum absolute atomic E-state index is 5.40. The first kappa shape index (κ1) is 12.9. The molecule has 4 heteroatoms. The Bertz CT molecular complexity index is 416. The largest absolute Gasteiger partial charge is 0.308 e. The van der Waals surface area contributed by atoms with Crippen LogP contribution in [-0.2, 0) is 6.54 Å². The lowest BCUT2D eigenvalue weighted by Gasteiger charge is -2.39.